The first-order valence-corrected chi connectivity index (χ1v) is 10.3. The Bertz CT molecular complexity index is 1160. The van der Waals surface area contributed by atoms with Crippen LogP contribution in [-0.4, -0.2) is 17.7 Å². The zero-order chi connectivity index (χ0) is 20.4. The summed E-state index contributed by atoms with van der Waals surface area (Å²) in [7, 11) is 3.66. The number of methoxy groups -OCH3 is 1. The van der Waals surface area contributed by atoms with Gasteiger partial charge in [-0.3, -0.25) is 0 Å². The van der Waals surface area contributed by atoms with E-state index < -0.39 is 0 Å². The maximum absolute atomic E-state index is 12.6. The zero-order valence-electron chi connectivity index (χ0n) is 16.7. The van der Waals surface area contributed by atoms with Crippen LogP contribution in [0.1, 0.15) is 11.1 Å². The predicted molar refractivity (Wildman–Crippen MR) is 120 cm³/mol. The Hall–Kier alpha value is -3.25. The van der Waals surface area contributed by atoms with Crippen LogP contribution in [-0.2, 0) is 13.6 Å². The third kappa shape index (κ3) is 3.71. The van der Waals surface area contributed by atoms with E-state index in [-0.39, 0.29) is 6.03 Å². The Labute approximate surface area is 173 Å². The van der Waals surface area contributed by atoms with Crippen molar-refractivity contribution in [2.45, 2.75) is 13.5 Å². The highest BCUT2D eigenvalue weighted by Crippen LogP contribution is 2.35. The Morgan fingerprint density at radius 1 is 1.14 bits per heavy atom. The second-order valence-electron chi connectivity index (χ2n) is 6.89. The van der Waals surface area contributed by atoms with Gasteiger partial charge in [-0.15, -0.1) is 11.3 Å². The lowest BCUT2D eigenvalue weighted by atomic mass is 10.1. The summed E-state index contributed by atoms with van der Waals surface area (Å²) in [6, 6.07) is 17.9. The van der Waals surface area contributed by atoms with E-state index in [9.17, 15) is 4.79 Å². The molecule has 0 fully saturated rings. The zero-order valence-corrected chi connectivity index (χ0v) is 17.5. The van der Waals surface area contributed by atoms with Crippen molar-refractivity contribution in [2.24, 2.45) is 7.05 Å². The number of nitrogens with one attached hydrogen (secondary N) is 2. The highest BCUT2D eigenvalue weighted by Gasteiger charge is 2.18. The molecule has 5 nitrogen and oxygen atoms in total. The molecular weight excluding hydrogens is 382 g/mol. The minimum absolute atomic E-state index is 0.265. The summed E-state index contributed by atoms with van der Waals surface area (Å²) in [5.41, 5.74) is 5.09. The molecule has 0 saturated heterocycles. The number of aryl methyl sites for hydroxylation is 2. The fourth-order valence-electron chi connectivity index (χ4n) is 3.63. The van der Waals surface area contributed by atoms with Crippen LogP contribution in [0.15, 0.2) is 60.0 Å². The van der Waals surface area contributed by atoms with Crippen molar-refractivity contribution in [1.29, 1.82) is 0 Å². The number of urea groups is 1. The molecule has 6 heteroatoms. The average Bonchev–Trinajstić information content (AvgIpc) is 3.33. The highest BCUT2D eigenvalue weighted by atomic mass is 32.1. The molecule has 2 heterocycles. The van der Waals surface area contributed by atoms with Crippen LogP contribution >= 0.6 is 11.3 Å². The van der Waals surface area contributed by atoms with Crippen LogP contribution in [0.3, 0.4) is 0 Å². The van der Waals surface area contributed by atoms with Gasteiger partial charge in [0.2, 0.25) is 0 Å². The molecule has 0 bridgehead atoms. The number of hydrogen-bond acceptors (Lipinski definition) is 3. The average molecular weight is 406 g/mol. The predicted octanol–water partition coefficient (Wildman–Crippen LogP) is 5.55. The summed E-state index contributed by atoms with van der Waals surface area (Å²) < 4.78 is 7.54. The van der Waals surface area contributed by atoms with Crippen molar-refractivity contribution in [3.8, 4) is 16.3 Å². The number of thiophene rings is 1. The van der Waals surface area contributed by atoms with E-state index in [2.05, 4.69) is 45.8 Å². The van der Waals surface area contributed by atoms with E-state index in [0.29, 0.717) is 18.0 Å². The molecular formula is C23H23N3O2S. The van der Waals surface area contributed by atoms with Gasteiger partial charge < -0.3 is 19.9 Å². The van der Waals surface area contributed by atoms with Crippen molar-refractivity contribution in [1.82, 2.24) is 9.88 Å². The first-order chi connectivity index (χ1) is 14.1. The standard InChI is InChI=1S/C23H23N3O2S/c1-15-10-11-20(28-3)18(13-15)25-23(27)24-14-17-16-7-4-5-8-19(16)26(2)22(17)21-9-6-12-29-21/h4-13H,14H2,1-3H3,(H2,24,25,27). The van der Waals surface area contributed by atoms with E-state index >= 15 is 0 Å². The van der Waals surface area contributed by atoms with Crippen molar-refractivity contribution >= 4 is 34.0 Å². The fourth-order valence-corrected chi connectivity index (χ4v) is 4.47. The normalized spacial score (nSPS) is 10.9. The molecule has 0 aliphatic carbocycles. The summed E-state index contributed by atoms with van der Waals surface area (Å²) in [6.45, 7) is 2.40. The van der Waals surface area contributed by atoms with Gasteiger partial charge in [0.25, 0.3) is 0 Å². The Kier molecular flexibility index (Phi) is 5.27. The number of hydrogen-bond donors (Lipinski definition) is 2. The van der Waals surface area contributed by atoms with Crippen molar-refractivity contribution in [2.75, 3.05) is 12.4 Å². The van der Waals surface area contributed by atoms with Crippen LogP contribution in [0, 0.1) is 6.92 Å². The highest BCUT2D eigenvalue weighted by molar-refractivity contribution is 7.13. The van der Waals surface area contributed by atoms with Crippen LogP contribution < -0.4 is 15.4 Å². The smallest absolute Gasteiger partial charge is 0.319 e. The van der Waals surface area contributed by atoms with E-state index in [1.807, 2.05) is 43.3 Å². The topological polar surface area (TPSA) is 55.3 Å². The molecule has 148 valence electrons. The van der Waals surface area contributed by atoms with Gasteiger partial charge in [-0.25, -0.2) is 4.79 Å². The van der Waals surface area contributed by atoms with Crippen LogP contribution in [0.5, 0.6) is 5.75 Å². The summed E-state index contributed by atoms with van der Waals surface area (Å²) in [5.74, 6) is 0.634. The number of benzene rings is 2. The number of fused-ring (bicyclic) bond motifs is 1. The molecule has 2 aromatic heterocycles. The number of amides is 2. The van der Waals surface area contributed by atoms with Crippen LogP contribution in [0.25, 0.3) is 21.5 Å². The molecule has 4 rings (SSSR count). The maximum atomic E-state index is 12.6. The number of para-hydroxylation sites is 1. The number of carbonyl (C=O) groups excluding carboxylic acids is 1. The quantitative estimate of drug-likeness (QED) is 0.458. The molecule has 0 unspecified atom stereocenters. The third-order valence-corrected chi connectivity index (χ3v) is 5.87. The number of carbonyl (C=O) groups is 1. The molecule has 2 N–H and O–H groups in total. The van der Waals surface area contributed by atoms with E-state index in [1.165, 1.54) is 4.88 Å². The molecule has 0 spiro atoms. The van der Waals surface area contributed by atoms with E-state index in [0.717, 1.165) is 27.7 Å². The van der Waals surface area contributed by atoms with Crippen LogP contribution in [0.4, 0.5) is 10.5 Å². The molecule has 0 atom stereocenters. The number of rotatable bonds is 5. The minimum atomic E-state index is -0.265. The number of nitrogens with zero attached hydrogens (tertiary/aromatic N) is 1. The van der Waals surface area contributed by atoms with Gasteiger partial charge in [-0.2, -0.15) is 0 Å². The Morgan fingerprint density at radius 3 is 2.72 bits per heavy atom. The molecule has 2 aromatic carbocycles. The first-order valence-electron chi connectivity index (χ1n) is 9.38. The van der Waals surface area contributed by atoms with Crippen molar-refractivity contribution in [3.05, 3.63) is 71.1 Å². The van der Waals surface area contributed by atoms with Gasteiger partial charge >= 0.3 is 6.03 Å². The van der Waals surface area contributed by atoms with Gasteiger partial charge in [-0.05, 0) is 42.1 Å². The summed E-state index contributed by atoms with van der Waals surface area (Å²) in [5, 5.41) is 9.13. The number of anilines is 1. The molecule has 0 radical (unpaired) electrons. The molecule has 2 amide bonds. The largest absolute Gasteiger partial charge is 0.495 e. The molecule has 0 aliphatic heterocycles. The minimum Gasteiger partial charge on any atom is -0.495 e. The lowest BCUT2D eigenvalue weighted by molar-refractivity contribution is 0.251. The number of ether oxygens (including phenoxy) is 1. The molecule has 29 heavy (non-hydrogen) atoms. The van der Waals surface area contributed by atoms with Crippen LogP contribution in [0.2, 0.25) is 0 Å². The molecule has 4 aromatic rings. The number of aromatic nitrogens is 1. The fraction of sp³-hybridized carbons (Fsp3) is 0.174. The van der Waals surface area contributed by atoms with E-state index in [1.54, 1.807) is 18.4 Å². The monoisotopic (exact) mass is 405 g/mol. The van der Waals surface area contributed by atoms with Crippen molar-refractivity contribution in [3.63, 3.8) is 0 Å². The van der Waals surface area contributed by atoms with Gasteiger partial charge in [0.05, 0.1) is 23.4 Å². The second-order valence-corrected chi connectivity index (χ2v) is 7.84. The maximum Gasteiger partial charge on any atom is 0.319 e. The summed E-state index contributed by atoms with van der Waals surface area (Å²) in [6.07, 6.45) is 0. The van der Waals surface area contributed by atoms with Gasteiger partial charge in [-0.1, -0.05) is 30.3 Å². The first kappa shape index (κ1) is 19.1. The summed E-state index contributed by atoms with van der Waals surface area (Å²) in [4.78, 5) is 13.8. The molecule has 0 aliphatic rings. The van der Waals surface area contributed by atoms with E-state index in [4.69, 9.17) is 4.74 Å². The lowest BCUT2D eigenvalue weighted by Crippen LogP contribution is -2.28. The van der Waals surface area contributed by atoms with Gasteiger partial charge in [0, 0.05) is 30.1 Å². The van der Waals surface area contributed by atoms with Crippen molar-refractivity contribution < 1.29 is 9.53 Å². The SMILES string of the molecule is COc1ccc(C)cc1NC(=O)NCc1c(-c2cccs2)n(C)c2ccccc12. The van der Waals surface area contributed by atoms with Gasteiger partial charge in [0.15, 0.2) is 0 Å². The lowest BCUT2D eigenvalue weighted by Gasteiger charge is -2.12. The summed E-state index contributed by atoms with van der Waals surface area (Å²) >= 11 is 1.70. The Morgan fingerprint density at radius 2 is 1.97 bits per heavy atom. The third-order valence-electron chi connectivity index (χ3n) is 5.00. The second kappa shape index (κ2) is 8.01. The molecule has 0 saturated carbocycles. The Balaban J connectivity index is 1.61. The van der Waals surface area contributed by atoms with Gasteiger partial charge in [0.1, 0.15) is 5.75 Å².